The fourth-order valence-corrected chi connectivity index (χ4v) is 4.91. The second kappa shape index (κ2) is 6.22. The number of benzene rings is 1. The van der Waals surface area contributed by atoms with Crippen molar-refractivity contribution in [3.05, 3.63) is 40.7 Å². The van der Waals surface area contributed by atoms with E-state index in [1.165, 1.54) is 5.56 Å². The minimum Gasteiger partial charge on any atom is -0.493 e. The van der Waals surface area contributed by atoms with Crippen LogP contribution in [-0.4, -0.2) is 30.8 Å². The first-order chi connectivity index (χ1) is 11.3. The molecule has 6 nitrogen and oxygen atoms in total. The summed E-state index contributed by atoms with van der Waals surface area (Å²) in [4.78, 5) is 0.277. The molecule has 0 radical (unpaired) electrons. The Morgan fingerprint density at radius 3 is 2.79 bits per heavy atom. The molecule has 0 saturated heterocycles. The van der Waals surface area contributed by atoms with E-state index in [1.54, 1.807) is 25.6 Å². The minimum atomic E-state index is -3.59. The number of rotatable bonds is 5. The predicted octanol–water partition coefficient (Wildman–Crippen LogP) is 1.88. The SMILES string of the molecule is Cc1nn(C)c(C)c1S(=O)(=O)NC(C)Cc1ccc2c(c1)CCO2. The van der Waals surface area contributed by atoms with Gasteiger partial charge in [-0.25, -0.2) is 13.1 Å². The summed E-state index contributed by atoms with van der Waals surface area (Å²) in [6.07, 6.45) is 1.54. The lowest BCUT2D eigenvalue weighted by Gasteiger charge is -2.15. The molecule has 1 aliphatic rings. The molecule has 1 aromatic carbocycles. The third-order valence-electron chi connectivity index (χ3n) is 4.36. The first kappa shape index (κ1) is 17.0. The summed E-state index contributed by atoms with van der Waals surface area (Å²) in [6.45, 7) is 6.08. The molecule has 1 aliphatic heterocycles. The van der Waals surface area contributed by atoms with E-state index in [0.29, 0.717) is 17.8 Å². The number of ether oxygens (including phenoxy) is 1. The molecule has 3 rings (SSSR count). The van der Waals surface area contributed by atoms with Crippen molar-refractivity contribution in [2.75, 3.05) is 6.61 Å². The molecule has 1 atom stereocenters. The second-order valence-corrected chi connectivity index (χ2v) is 8.04. The fourth-order valence-electron chi connectivity index (χ4n) is 3.23. The number of hydrogen-bond donors (Lipinski definition) is 1. The molecule has 0 saturated carbocycles. The normalized spacial score (nSPS) is 15.2. The molecular weight excluding hydrogens is 326 g/mol. The number of nitrogens with one attached hydrogen (secondary N) is 1. The molecule has 130 valence electrons. The van der Waals surface area contributed by atoms with E-state index in [2.05, 4.69) is 15.9 Å². The summed E-state index contributed by atoms with van der Waals surface area (Å²) in [6, 6.07) is 5.85. The minimum absolute atomic E-state index is 0.214. The van der Waals surface area contributed by atoms with Gasteiger partial charge < -0.3 is 4.74 Å². The van der Waals surface area contributed by atoms with Crippen LogP contribution in [0.5, 0.6) is 5.75 Å². The van der Waals surface area contributed by atoms with Crippen LogP contribution in [0, 0.1) is 13.8 Å². The van der Waals surface area contributed by atoms with E-state index in [1.807, 2.05) is 19.1 Å². The van der Waals surface area contributed by atoms with Gasteiger partial charge in [-0.05, 0) is 44.4 Å². The van der Waals surface area contributed by atoms with E-state index >= 15 is 0 Å². The van der Waals surface area contributed by atoms with E-state index in [4.69, 9.17) is 4.74 Å². The first-order valence-electron chi connectivity index (χ1n) is 8.05. The maximum Gasteiger partial charge on any atom is 0.244 e. The van der Waals surface area contributed by atoms with E-state index in [0.717, 1.165) is 24.3 Å². The number of aromatic nitrogens is 2. The van der Waals surface area contributed by atoms with Gasteiger partial charge in [-0.15, -0.1) is 0 Å². The number of nitrogens with zero attached hydrogens (tertiary/aromatic N) is 2. The standard InChI is InChI=1S/C17H23N3O3S/c1-11(9-14-5-6-16-15(10-14)7-8-23-16)19-24(21,22)17-12(2)18-20(4)13(17)3/h5-6,10-11,19H,7-9H2,1-4H3. The molecule has 1 N–H and O–H groups in total. The van der Waals surface area contributed by atoms with Crippen molar-refractivity contribution in [3.8, 4) is 5.75 Å². The smallest absolute Gasteiger partial charge is 0.244 e. The Hall–Kier alpha value is -1.86. The lowest BCUT2D eigenvalue weighted by molar-refractivity contribution is 0.357. The molecule has 0 amide bonds. The Balaban J connectivity index is 1.75. The van der Waals surface area contributed by atoms with Crippen LogP contribution in [0.3, 0.4) is 0 Å². The molecule has 24 heavy (non-hydrogen) atoms. The monoisotopic (exact) mass is 349 g/mol. The number of sulfonamides is 1. The lowest BCUT2D eigenvalue weighted by Crippen LogP contribution is -2.34. The Bertz CT molecular complexity index is 871. The fraction of sp³-hybridized carbons (Fsp3) is 0.471. The zero-order valence-electron chi connectivity index (χ0n) is 14.5. The van der Waals surface area contributed by atoms with Crippen LogP contribution in [0.15, 0.2) is 23.1 Å². The first-order valence-corrected chi connectivity index (χ1v) is 9.53. The molecule has 0 bridgehead atoms. The van der Waals surface area contributed by atoms with Gasteiger partial charge in [-0.2, -0.15) is 5.10 Å². The molecular formula is C17H23N3O3S. The molecule has 0 aliphatic carbocycles. The topological polar surface area (TPSA) is 73.2 Å². The van der Waals surface area contributed by atoms with Crippen LogP contribution in [0.2, 0.25) is 0 Å². The van der Waals surface area contributed by atoms with Crippen molar-refractivity contribution in [2.24, 2.45) is 7.05 Å². The van der Waals surface area contributed by atoms with Gasteiger partial charge in [0.1, 0.15) is 10.6 Å². The van der Waals surface area contributed by atoms with Crippen molar-refractivity contribution >= 4 is 10.0 Å². The van der Waals surface area contributed by atoms with Gasteiger partial charge in [0.2, 0.25) is 10.0 Å². The number of hydrogen-bond acceptors (Lipinski definition) is 4. The van der Waals surface area contributed by atoms with Crippen molar-refractivity contribution in [2.45, 2.75) is 44.6 Å². The van der Waals surface area contributed by atoms with Crippen LogP contribution in [-0.2, 0) is 29.9 Å². The maximum absolute atomic E-state index is 12.7. The average Bonchev–Trinajstić information content (AvgIpc) is 3.02. The van der Waals surface area contributed by atoms with Gasteiger partial charge in [0.15, 0.2) is 0 Å². The van der Waals surface area contributed by atoms with Crippen molar-refractivity contribution in [1.29, 1.82) is 0 Å². The lowest BCUT2D eigenvalue weighted by atomic mass is 10.0. The van der Waals surface area contributed by atoms with Gasteiger partial charge in [0.05, 0.1) is 18.0 Å². The van der Waals surface area contributed by atoms with Crippen LogP contribution in [0.1, 0.15) is 29.4 Å². The number of fused-ring (bicyclic) bond motifs is 1. The zero-order chi connectivity index (χ0) is 17.5. The van der Waals surface area contributed by atoms with Gasteiger partial charge in [0.25, 0.3) is 0 Å². The van der Waals surface area contributed by atoms with Crippen molar-refractivity contribution in [1.82, 2.24) is 14.5 Å². The molecule has 0 fully saturated rings. The maximum atomic E-state index is 12.7. The third kappa shape index (κ3) is 3.18. The molecule has 2 aromatic rings. The van der Waals surface area contributed by atoms with Crippen LogP contribution >= 0.6 is 0 Å². The summed E-state index contributed by atoms with van der Waals surface area (Å²) in [5, 5.41) is 4.19. The highest BCUT2D eigenvalue weighted by atomic mass is 32.2. The molecule has 0 spiro atoms. The van der Waals surface area contributed by atoms with Crippen LogP contribution in [0.4, 0.5) is 0 Å². The van der Waals surface area contributed by atoms with Gasteiger partial charge in [-0.1, -0.05) is 12.1 Å². The van der Waals surface area contributed by atoms with Gasteiger partial charge in [-0.3, -0.25) is 4.68 Å². The summed E-state index contributed by atoms with van der Waals surface area (Å²) >= 11 is 0. The Morgan fingerprint density at radius 2 is 2.12 bits per heavy atom. The summed E-state index contributed by atoms with van der Waals surface area (Å²) in [5.74, 6) is 0.939. The third-order valence-corrected chi connectivity index (χ3v) is 6.20. The van der Waals surface area contributed by atoms with Crippen molar-refractivity contribution in [3.63, 3.8) is 0 Å². The highest BCUT2D eigenvalue weighted by Crippen LogP contribution is 2.26. The average molecular weight is 349 g/mol. The summed E-state index contributed by atoms with van der Waals surface area (Å²) in [5.41, 5.74) is 3.46. The van der Waals surface area contributed by atoms with Crippen LogP contribution in [0.25, 0.3) is 0 Å². The predicted molar refractivity (Wildman–Crippen MR) is 91.8 cm³/mol. The quantitative estimate of drug-likeness (QED) is 0.894. The molecule has 7 heteroatoms. The van der Waals surface area contributed by atoms with E-state index < -0.39 is 10.0 Å². The van der Waals surface area contributed by atoms with Gasteiger partial charge in [0, 0.05) is 19.5 Å². The highest BCUT2D eigenvalue weighted by molar-refractivity contribution is 7.89. The summed E-state index contributed by atoms with van der Waals surface area (Å²) in [7, 11) is -1.84. The van der Waals surface area contributed by atoms with Gasteiger partial charge >= 0.3 is 0 Å². The largest absolute Gasteiger partial charge is 0.493 e. The van der Waals surface area contributed by atoms with Crippen molar-refractivity contribution < 1.29 is 13.2 Å². The Labute approximate surface area is 142 Å². The zero-order valence-corrected chi connectivity index (χ0v) is 15.3. The second-order valence-electron chi connectivity index (χ2n) is 6.39. The molecule has 1 unspecified atom stereocenters. The molecule has 1 aromatic heterocycles. The van der Waals surface area contributed by atoms with E-state index in [9.17, 15) is 8.42 Å². The Morgan fingerprint density at radius 1 is 1.38 bits per heavy atom. The number of aryl methyl sites for hydroxylation is 2. The summed E-state index contributed by atoms with van der Waals surface area (Å²) < 4.78 is 35.2. The molecule has 2 heterocycles. The highest BCUT2D eigenvalue weighted by Gasteiger charge is 2.25. The Kier molecular flexibility index (Phi) is 4.40. The van der Waals surface area contributed by atoms with Crippen LogP contribution < -0.4 is 9.46 Å². The van der Waals surface area contributed by atoms with E-state index in [-0.39, 0.29) is 10.9 Å².